The van der Waals surface area contributed by atoms with Crippen LogP contribution in [0.25, 0.3) is 10.2 Å². The van der Waals surface area contributed by atoms with Crippen molar-refractivity contribution in [3.05, 3.63) is 16.8 Å². The molecule has 0 spiro atoms. The van der Waals surface area contributed by atoms with Gasteiger partial charge >= 0.3 is 5.97 Å². The molecule has 2 aromatic heterocycles. The Labute approximate surface area is 127 Å². The second-order valence-electron chi connectivity index (χ2n) is 5.63. The summed E-state index contributed by atoms with van der Waals surface area (Å²) in [5, 5.41) is 10.2. The monoisotopic (exact) mass is 305 g/mol. The van der Waals surface area contributed by atoms with E-state index in [1.165, 1.54) is 24.2 Å². The number of hydrogen-bond donors (Lipinski definition) is 1. The second-order valence-corrected chi connectivity index (χ2v) is 6.63. The molecule has 1 aliphatic heterocycles. The molecule has 0 aromatic carbocycles. The van der Waals surface area contributed by atoms with E-state index in [-0.39, 0.29) is 0 Å². The van der Waals surface area contributed by atoms with E-state index in [0.29, 0.717) is 10.9 Å². The van der Waals surface area contributed by atoms with Crippen molar-refractivity contribution in [2.45, 2.75) is 45.6 Å². The van der Waals surface area contributed by atoms with Gasteiger partial charge in [-0.25, -0.2) is 14.8 Å². The summed E-state index contributed by atoms with van der Waals surface area (Å²) in [6, 6.07) is 0.429. The fourth-order valence-electron chi connectivity index (χ4n) is 3.06. The van der Waals surface area contributed by atoms with Crippen LogP contribution in [0, 0.1) is 6.92 Å². The lowest BCUT2D eigenvalue weighted by Gasteiger charge is -2.28. The molecule has 0 bridgehead atoms. The van der Waals surface area contributed by atoms with E-state index in [4.69, 9.17) is 0 Å². The van der Waals surface area contributed by atoms with Gasteiger partial charge in [0.25, 0.3) is 0 Å². The zero-order chi connectivity index (χ0) is 15.0. The van der Waals surface area contributed by atoms with Crippen LogP contribution in [0.4, 0.5) is 5.82 Å². The van der Waals surface area contributed by atoms with Gasteiger partial charge in [0, 0.05) is 12.6 Å². The van der Waals surface area contributed by atoms with Crippen LogP contribution in [0.2, 0.25) is 0 Å². The number of aryl methyl sites for hydroxylation is 1. The number of thiophene rings is 1. The molecule has 6 heteroatoms. The highest BCUT2D eigenvalue weighted by Crippen LogP contribution is 2.36. The summed E-state index contributed by atoms with van der Waals surface area (Å²) in [6.07, 6.45) is 6.36. The van der Waals surface area contributed by atoms with Crippen molar-refractivity contribution in [3.8, 4) is 0 Å². The number of rotatable bonds is 2. The van der Waals surface area contributed by atoms with Gasteiger partial charge < -0.3 is 10.0 Å². The van der Waals surface area contributed by atoms with Gasteiger partial charge in [-0.1, -0.05) is 12.8 Å². The van der Waals surface area contributed by atoms with Crippen molar-refractivity contribution in [2.24, 2.45) is 0 Å². The second kappa shape index (κ2) is 5.60. The molecule has 0 radical (unpaired) electrons. The van der Waals surface area contributed by atoms with E-state index in [9.17, 15) is 9.90 Å². The van der Waals surface area contributed by atoms with Crippen LogP contribution in [-0.4, -0.2) is 33.6 Å². The third-order valence-corrected chi connectivity index (χ3v) is 5.41. The number of aromatic carboxylic acids is 1. The van der Waals surface area contributed by atoms with Crippen LogP contribution >= 0.6 is 11.3 Å². The molecule has 1 saturated heterocycles. The SMILES string of the molecule is Cc1c(C(=O)O)sc2ncnc(N3CCCCCC3C)c12. The Morgan fingerprint density at radius 3 is 2.95 bits per heavy atom. The van der Waals surface area contributed by atoms with Crippen LogP contribution in [0.1, 0.15) is 47.8 Å². The highest BCUT2D eigenvalue weighted by atomic mass is 32.1. The van der Waals surface area contributed by atoms with Gasteiger partial charge in [-0.3, -0.25) is 0 Å². The Bertz CT molecular complexity index is 683. The summed E-state index contributed by atoms with van der Waals surface area (Å²) >= 11 is 1.24. The van der Waals surface area contributed by atoms with Gasteiger partial charge in [-0.2, -0.15) is 0 Å². The number of carbonyl (C=O) groups is 1. The summed E-state index contributed by atoms with van der Waals surface area (Å²) in [4.78, 5) is 23.6. The molecule has 1 fully saturated rings. The predicted molar refractivity (Wildman–Crippen MR) is 84.4 cm³/mol. The number of anilines is 1. The van der Waals surface area contributed by atoms with Gasteiger partial charge in [0.15, 0.2) is 0 Å². The van der Waals surface area contributed by atoms with Crippen LogP contribution < -0.4 is 4.90 Å². The zero-order valence-electron chi connectivity index (χ0n) is 12.3. The van der Waals surface area contributed by atoms with Crippen molar-refractivity contribution in [1.29, 1.82) is 0 Å². The van der Waals surface area contributed by atoms with Crippen LogP contribution in [-0.2, 0) is 0 Å². The lowest BCUT2D eigenvalue weighted by molar-refractivity contribution is 0.0701. The van der Waals surface area contributed by atoms with Crippen LogP contribution in [0.15, 0.2) is 6.33 Å². The maximum atomic E-state index is 11.3. The first-order valence-corrected chi connectivity index (χ1v) is 8.15. The summed E-state index contributed by atoms with van der Waals surface area (Å²) in [5.41, 5.74) is 0.787. The fourth-order valence-corrected chi connectivity index (χ4v) is 4.05. The summed E-state index contributed by atoms with van der Waals surface area (Å²) in [7, 11) is 0. The van der Waals surface area contributed by atoms with Crippen molar-refractivity contribution in [1.82, 2.24) is 9.97 Å². The van der Waals surface area contributed by atoms with E-state index in [2.05, 4.69) is 21.8 Å². The molecule has 0 aliphatic carbocycles. The maximum absolute atomic E-state index is 11.3. The molecule has 1 aliphatic rings. The average Bonchev–Trinajstić information content (AvgIpc) is 2.65. The van der Waals surface area contributed by atoms with Gasteiger partial charge in [0.2, 0.25) is 0 Å². The Morgan fingerprint density at radius 1 is 1.38 bits per heavy atom. The standard InChI is InChI=1S/C15H19N3O2S/c1-9-6-4-3-5-7-18(9)13-11-10(2)12(15(19)20)21-14(11)17-8-16-13/h8-9H,3-7H2,1-2H3,(H,19,20). The summed E-state index contributed by atoms with van der Waals surface area (Å²) in [6.45, 7) is 5.06. The highest BCUT2D eigenvalue weighted by molar-refractivity contribution is 7.20. The molecule has 1 N–H and O–H groups in total. The molecular weight excluding hydrogens is 286 g/mol. The minimum atomic E-state index is -0.884. The van der Waals surface area contributed by atoms with Gasteiger partial charge in [0.1, 0.15) is 21.9 Å². The van der Waals surface area contributed by atoms with Gasteiger partial charge in [-0.15, -0.1) is 11.3 Å². The van der Waals surface area contributed by atoms with E-state index in [0.717, 1.165) is 41.0 Å². The van der Waals surface area contributed by atoms with Gasteiger partial charge in [-0.05, 0) is 32.3 Å². The minimum absolute atomic E-state index is 0.370. The molecule has 0 amide bonds. The summed E-state index contributed by atoms with van der Waals surface area (Å²) in [5.74, 6) is 0.0148. The Kier molecular flexibility index (Phi) is 3.80. The van der Waals surface area contributed by atoms with Crippen molar-refractivity contribution >= 4 is 33.3 Å². The number of hydrogen-bond acceptors (Lipinski definition) is 5. The lowest BCUT2D eigenvalue weighted by atomic mass is 10.1. The van der Waals surface area contributed by atoms with Crippen molar-refractivity contribution in [3.63, 3.8) is 0 Å². The molecule has 1 unspecified atom stereocenters. The third kappa shape index (κ3) is 2.48. The molecule has 2 aromatic rings. The predicted octanol–water partition coefficient (Wildman–Crippen LogP) is 3.47. The molecule has 0 saturated carbocycles. The summed E-state index contributed by atoms with van der Waals surface area (Å²) < 4.78 is 0. The van der Waals surface area contributed by atoms with Crippen molar-refractivity contribution in [2.75, 3.05) is 11.4 Å². The fraction of sp³-hybridized carbons (Fsp3) is 0.533. The third-order valence-electron chi connectivity index (χ3n) is 4.23. The first-order chi connectivity index (χ1) is 10.1. The molecule has 1 atom stereocenters. The van der Waals surface area contributed by atoms with Crippen molar-refractivity contribution < 1.29 is 9.90 Å². The highest BCUT2D eigenvalue weighted by Gasteiger charge is 2.24. The largest absolute Gasteiger partial charge is 0.477 e. The number of aromatic nitrogens is 2. The van der Waals surface area contributed by atoms with E-state index >= 15 is 0 Å². The van der Waals surface area contributed by atoms with E-state index in [1.807, 2.05) is 6.92 Å². The minimum Gasteiger partial charge on any atom is -0.477 e. The topological polar surface area (TPSA) is 66.3 Å². The number of fused-ring (bicyclic) bond motifs is 1. The zero-order valence-corrected chi connectivity index (χ0v) is 13.1. The normalized spacial score (nSPS) is 19.7. The number of nitrogens with zero attached hydrogens (tertiary/aromatic N) is 3. The smallest absolute Gasteiger partial charge is 0.346 e. The molecule has 3 rings (SSSR count). The molecule has 21 heavy (non-hydrogen) atoms. The number of carboxylic acid groups (broad SMARTS) is 1. The van der Waals surface area contributed by atoms with Crippen LogP contribution in [0.5, 0.6) is 0 Å². The first-order valence-electron chi connectivity index (χ1n) is 7.33. The molecular formula is C15H19N3O2S. The van der Waals surface area contributed by atoms with E-state index in [1.54, 1.807) is 6.33 Å². The van der Waals surface area contributed by atoms with Crippen LogP contribution in [0.3, 0.4) is 0 Å². The average molecular weight is 305 g/mol. The molecule has 112 valence electrons. The Hall–Kier alpha value is -1.69. The molecule has 3 heterocycles. The maximum Gasteiger partial charge on any atom is 0.346 e. The lowest BCUT2D eigenvalue weighted by Crippen LogP contribution is -2.33. The Morgan fingerprint density at radius 2 is 2.19 bits per heavy atom. The van der Waals surface area contributed by atoms with E-state index < -0.39 is 5.97 Å². The number of carboxylic acids is 1. The first kappa shape index (κ1) is 14.3. The van der Waals surface area contributed by atoms with Gasteiger partial charge in [0.05, 0.1) is 5.39 Å². The Balaban J connectivity index is 2.15. The quantitative estimate of drug-likeness (QED) is 0.920. The molecule has 5 nitrogen and oxygen atoms in total.